The van der Waals surface area contributed by atoms with Gasteiger partial charge < -0.3 is 10.1 Å². The molecule has 1 N–H and O–H groups in total. The Morgan fingerprint density at radius 2 is 2.00 bits per heavy atom. The molecule has 1 amide bonds. The Labute approximate surface area is 181 Å². The number of rotatable bonds is 7. The zero-order valence-corrected chi connectivity index (χ0v) is 18.2. The van der Waals surface area contributed by atoms with Crippen LogP contribution in [0.3, 0.4) is 0 Å². The minimum absolute atomic E-state index is 0.00391. The number of benzene rings is 2. The molecule has 1 saturated heterocycles. The highest BCUT2D eigenvalue weighted by Crippen LogP contribution is 2.32. The van der Waals surface area contributed by atoms with Gasteiger partial charge in [-0.1, -0.05) is 23.7 Å². The monoisotopic (exact) mass is 454 g/mol. The predicted octanol–water partition coefficient (Wildman–Crippen LogP) is 3.59. The number of carbonyl (C=O) groups excluding carboxylic acids is 1. The lowest BCUT2D eigenvalue weighted by atomic mass is 9.99. The second kappa shape index (κ2) is 9.76. The molecule has 0 aliphatic carbocycles. The van der Waals surface area contributed by atoms with Crippen LogP contribution in [0, 0.1) is 11.7 Å². The van der Waals surface area contributed by atoms with Crippen molar-refractivity contribution in [2.45, 2.75) is 31.2 Å². The lowest BCUT2D eigenvalue weighted by Crippen LogP contribution is -2.45. The molecule has 0 bridgehead atoms. The van der Waals surface area contributed by atoms with Crippen molar-refractivity contribution >= 4 is 27.5 Å². The van der Waals surface area contributed by atoms with Crippen LogP contribution in [0.25, 0.3) is 0 Å². The summed E-state index contributed by atoms with van der Waals surface area (Å²) >= 11 is 6.02. The zero-order chi connectivity index (χ0) is 21.7. The van der Waals surface area contributed by atoms with E-state index in [1.807, 2.05) is 0 Å². The van der Waals surface area contributed by atoms with Gasteiger partial charge in [0.25, 0.3) is 0 Å². The Kier molecular flexibility index (Phi) is 7.33. The zero-order valence-electron chi connectivity index (χ0n) is 16.6. The molecule has 2 aromatic carbocycles. The van der Waals surface area contributed by atoms with Crippen molar-refractivity contribution in [1.29, 1.82) is 0 Å². The quantitative estimate of drug-likeness (QED) is 0.693. The summed E-state index contributed by atoms with van der Waals surface area (Å²) in [6.07, 6.45) is 1.16. The van der Waals surface area contributed by atoms with E-state index in [-0.39, 0.29) is 35.5 Å². The molecule has 1 fully saturated rings. The van der Waals surface area contributed by atoms with Gasteiger partial charge in [-0.25, -0.2) is 12.8 Å². The maximum absolute atomic E-state index is 13.2. The highest BCUT2D eigenvalue weighted by molar-refractivity contribution is 7.89. The van der Waals surface area contributed by atoms with E-state index in [9.17, 15) is 17.6 Å². The van der Waals surface area contributed by atoms with Crippen LogP contribution in [0.4, 0.5) is 4.39 Å². The molecule has 0 radical (unpaired) electrons. The van der Waals surface area contributed by atoms with E-state index in [1.165, 1.54) is 28.6 Å². The Morgan fingerprint density at radius 1 is 1.27 bits per heavy atom. The number of halogens is 2. The number of piperidine rings is 1. The fourth-order valence-electron chi connectivity index (χ4n) is 3.41. The van der Waals surface area contributed by atoms with Gasteiger partial charge in [0, 0.05) is 24.7 Å². The van der Waals surface area contributed by atoms with Crippen molar-refractivity contribution in [3.63, 3.8) is 0 Å². The molecule has 0 unspecified atom stereocenters. The van der Waals surface area contributed by atoms with Crippen molar-refractivity contribution in [2.75, 3.05) is 19.7 Å². The number of carbonyl (C=O) groups is 1. The normalized spacial score (nSPS) is 17.5. The van der Waals surface area contributed by atoms with E-state index in [1.54, 1.807) is 25.1 Å². The molecule has 1 atom stereocenters. The second-order valence-corrected chi connectivity index (χ2v) is 9.41. The molecular weight excluding hydrogens is 431 g/mol. The Hall–Kier alpha value is -2.16. The Balaban J connectivity index is 1.71. The molecule has 1 aliphatic heterocycles. The minimum atomic E-state index is -3.87. The van der Waals surface area contributed by atoms with Crippen molar-refractivity contribution in [3.8, 4) is 5.75 Å². The average Bonchev–Trinajstić information content (AvgIpc) is 2.74. The molecule has 0 saturated carbocycles. The number of amides is 1. The van der Waals surface area contributed by atoms with E-state index in [0.29, 0.717) is 31.0 Å². The summed E-state index contributed by atoms with van der Waals surface area (Å²) < 4.78 is 46.3. The molecule has 162 valence electrons. The summed E-state index contributed by atoms with van der Waals surface area (Å²) in [5.41, 5.74) is 0.769. The SMILES string of the molecule is CCOc1ccc(Cl)cc1S(=O)(=O)N1CCC[C@@H](C(=O)NCc2ccc(F)cc2)C1. The van der Waals surface area contributed by atoms with Gasteiger partial charge in [-0.15, -0.1) is 0 Å². The minimum Gasteiger partial charge on any atom is -0.492 e. The molecule has 1 aliphatic rings. The topological polar surface area (TPSA) is 75.7 Å². The molecule has 0 aromatic heterocycles. The molecule has 6 nitrogen and oxygen atoms in total. The van der Waals surface area contributed by atoms with Gasteiger partial charge in [0.15, 0.2) is 0 Å². The lowest BCUT2D eigenvalue weighted by Gasteiger charge is -2.31. The molecule has 9 heteroatoms. The lowest BCUT2D eigenvalue weighted by molar-refractivity contribution is -0.126. The van der Waals surface area contributed by atoms with Gasteiger partial charge in [0.1, 0.15) is 16.5 Å². The van der Waals surface area contributed by atoms with Gasteiger partial charge in [0.2, 0.25) is 15.9 Å². The first-order valence-electron chi connectivity index (χ1n) is 9.76. The fraction of sp³-hybridized carbons (Fsp3) is 0.381. The number of hydrogen-bond donors (Lipinski definition) is 1. The molecule has 30 heavy (non-hydrogen) atoms. The van der Waals surface area contributed by atoms with Gasteiger partial charge in [-0.2, -0.15) is 4.31 Å². The molecule has 0 spiro atoms. The fourth-order valence-corrected chi connectivity index (χ4v) is 5.33. The number of nitrogens with one attached hydrogen (secondary N) is 1. The van der Waals surface area contributed by atoms with E-state index in [2.05, 4.69) is 5.32 Å². The first kappa shape index (κ1) is 22.5. The van der Waals surface area contributed by atoms with E-state index >= 15 is 0 Å². The van der Waals surface area contributed by atoms with Crippen LogP contribution in [0.2, 0.25) is 5.02 Å². The third-order valence-corrected chi connectivity index (χ3v) is 7.08. The van der Waals surface area contributed by atoms with Crippen LogP contribution in [0.5, 0.6) is 5.75 Å². The van der Waals surface area contributed by atoms with Crippen molar-refractivity contribution in [2.24, 2.45) is 5.92 Å². The summed E-state index contributed by atoms with van der Waals surface area (Å²) in [4.78, 5) is 12.6. The summed E-state index contributed by atoms with van der Waals surface area (Å²) in [5.74, 6) is -0.797. The first-order valence-corrected chi connectivity index (χ1v) is 11.6. The van der Waals surface area contributed by atoms with Crippen LogP contribution in [-0.4, -0.2) is 38.3 Å². The van der Waals surface area contributed by atoms with Crippen molar-refractivity contribution in [3.05, 3.63) is 58.9 Å². The standard InChI is InChI=1S/C21H24ClFN2O4S/c1-2-29-19-10-7-17(22)12-20(19)30(27,28)25-11-3-4-16(14-25)21(26)24-13-15-5-8-18(23)9-6-15/h5-10,12,16H,2-4,11,13-14H2,1H3,(H,24,26)/t16-/m1/s1. The van der Waals surface area contributed by atoms with Crippen LogP contribution in [0.1, 0.15) is 25.3 Å². The summed E-state index contributed by atoms with van der Waals surface area (Å²) in [5, 5.41) is 3.11. The summed E-state index contributed by atoms with van der Waals surface area (Å²) in [6.45, 7) is 2.74. The Bertz CT molecular complexity index is 999. The second-order valence-electron chi connectivity index (χ2n) is 7.07. The van der Waals surface area contributed by atoms with Gasteiger partial charge in [0.05, 0.1) is 12.5 Å². The number of hydrogen-bond acceptors (Lipinski definition) is 4. The van der Waals surface area contributed by atoms with Crippen molar-refractivity contribution < 1.29 is 22.3 Å². The third kappa shape index (κ3) is 5.30. The van der Waals surface area contributed by atoms with Gasteiger partial charge >= 0.3 is 0 Å². The van der Waals surface area contributed by atoms with Crippen LogP contribution < -0.4 is 10.1 Å². The van der Waals surface area contributed by atoms with Gasteiger partial charge in [-0.05, 0) is 55.7 Å². The van der Waals surface area contributed by atoms with E-state index in [0.717, 1.165) is 5.56 Å². The highest BCUT2D eigenvalue weighted by atomic mass is 35.5. The van der Waals surface area contributed by atoms with E-state index in [4.69, 9.17) is 16.3 Å². The maximum atomic E-state index is 13.2. The maximum Gasteiger partial charge on any atom is 0.246 e. The third-order valence-electron chi connectivity index (χ3n) is 4.96. The van der Waals surface area contributed by atoms with Gasteiger partial charge in [-0.3, -0.25) is 4.79 Å². The predicted molar refractivity (Wildman–Crippen MR) is 112 cm³/mol. The molecule has 2 aromatic rings. The Morgan fingerprint density at radius 3 is 2.70 bits per heavy atom. The smallest absolute Gasteiger partial charge is 0.246 e. The summed E-state index contributed by atoms with van der Waals surface area (Å²) in [7, 11) is -3.87. The highest BCUT2D eigenvalue weighted by Gasteiger charge is 2.35. The van der Waals surface area contributed by atoms with Crippen LogP contribution in [-0.2, 0) is 21.4 Å². The average molecular weight is 455 g/mol. The van der Waals surface area contributed by atoms with E-state index < -0.39 is 15.9 Å². The van der Waals surface area contributed by atoms with Crippen LogP contribution in [0.15, 0.2) is 47.4 Å². The molecule has 3 rings (SSSR count). The molecule has 1 heterocycles. The number of nitrogens with zero attached hydrogens (tertiary/aromatic N) is 1. The number of ether oxygens (including phenoxy) is 1. The largest absolute Gasteiger partial charge is 0.492 e. The number of sulfonamides is 1. The molecular formula is C21H24ClFN2O4S. The first-order chi connectivity index (χ1) is 14.3. The summed E-state index contributed by atoms with van der Waals surface area (Å²) in [6, 6.07) is 10.3. The van der Waals surface area contributed by atoms with Crippen molar-refractivity contribution in [1.82, 2.24) is 9.62 Å². The van der Waals surface area contributed by atoms with Crippen LogP contribution >= 0.6 is 11.6 Å².